The van der Waals surface area contributed by atoms with Crippen LogP contribution in [0, 0.1) is 5.92 Å². The van der Waals surface area contributed by atoms with E-state index >= 15 is 0 Å². The molecule has 14 heavy (non-hydrogen) atoms. The van der Waals surface area contributed by atoms with Crippen LogP contribution in [0.3, 0.4) is 0 Å². The molecular weight excluding hydrogens is 198 g/mol. The van der Waals surface area contributed by atoms with E-state index in [1.807, 2.05) is 31.4 Å². The lowest BCUT2D eigenvalue weighted by Crippen LogP contribution is -2.30. The van der Waals surface area contributed by atoms with E-state index in [1.54, 1.807) is 0 Å². The van der Waals surface area contributed by atoms with Crippen LogP contribution in [0.15, 0.2) is 17.5 Å². The molecule has 1 heterocycles. The standard InChI is InChI=1S/C10H15NO2S/c1-7(2)6-8(10(12)13)11-9-4-3-5-14-9/h3-5,7-8,11H,6H2,1-2H3,(H,12,13). The molecule has 1 rings (SSSR count). The smallest absolute Gasteiger partial charge is 0.326 e. The Morgan fingerprint density at radius 1 is 1.64 bits per heavy atom. The molecule has 0 radical (unpaired) electrons. The molecule has 0 saturated heterocycles. The van der Waals surface area contributed by atoms with Crippen molar-refractivity contribution in [2.45, 2.75) is 26.3 Å². The number of nitrogens with one attached hydrogen (secondary N) is 1. The molecule has 1 unspecified atom stereocenters. The highest BCUT2D eigenvalue weighted by atomic mass is 32.1. The first-order valence-corrected chi connectivity index (χ1v) is 5.50. The van der Waals surface area contributed by atoms with E-state index in [0.29, 0.717) is 12.3 Å². The maximum Gasteiger partial charge on any atom is 0.326 e. The Labute approximate surface area is 87.8 Å². The summed E-state index contributed by atoms with van der Waals surface area (Å²) in [6.07, 6.45) is 0.646. The lowest BCUT2D eigenvalue weighted by Gasteiger charge is -2.16. The second-order valence-corrected chi connectivity index (χ2v) is 4.59. The Kier molecular flexibility index (Phi) is 3.95. The number of aliphatic carboxylic acids is 1. The molecule has 0 aliphatic rings. The highest BCUT2D eigenvalue weighted by molar-refractivity contribution is 7.14. The zero-order chi connectivity index (χ0) is 10.6. The first kappa shape index (κ1) is 11.0. The van der Waals surface area contributed by atoms with Crippen LogP contribution in [0.25, 0.3) is 0 Å². The Morgan fingerprint density at radius 2 is 2.36 bits per heavy atom. The monoisotopic (exact) mass is 213 g/mol. The summed E-state index contributed by atoms with van der Waals surface area (Å²) in [5.41, 5.74) is 0. The quantitative estimate of drug-likeness (QED) is 0.790. The van der Waals surface area contributed by atoms with Crippen LogP contribution in [-0.2, 0) is 4.79 Å². The molecule has 0 amide bonds. The van der Waals surface area contributed by atoms with Gasteiger partial charge in [-0.2, -0.15) is 0 Å². The minimum Gasteiger partial charge on any atom is -0.480 e. The van der Waals surface area contributed by atoms with Gasteiger partial charge in [0.1, 0.15) is 6.04 Å². The number of thiophene rings is 1. The molecule has 0 aliphatic carbocycles. The summed E-state index contributed by atoms with van der Waals surface area (Å²) >= 11 is 1.52. The molecule has 0 spiro atoms. The average molecular weight is 213 g/mol. The highest BCUT2D eigenvalue weighted by Crippen LogP contribution is 2.18. The van der Waals surface area contributed by atoms with Crippen LogP contribution >= 0.6 is 11.3 Å². The van der Waals surface area contributed by atoms with Crippen LogP contribution in [-0.4, -0.2) is 17.1 Å². The van der Waals surface area contributed by atoms with E-state index in [2.05, 4.69) is 5.32 Å². The predicted octanol–water partition coefficient (Wildman–Crippen LogP) is 2.66. The fourth-order valence-corrected chi connectivity index (χ4v) is 1.90. The van der Waals surface area contributed by atoms with E-state index in [4.69, 9.17) is 5.11 Å². The van der Waals surface area contributed by atoms with Gasteiger partial charge in [0.25, 0.3) is 0 Å². The molecule has 0 saturated carbocycles. The molecule has 2 N–H and O–H groups in total. The van der Waals surface area contributed by atoms with Crippen LogP contribution in [0.1, 0.15) is 20.3 Å². The van der Waals surface area contributed by atoms with Crippen LogP contribution in [0.5, 0.6) is 0 Å². The van der Waals surface area contributed by atoms with Gasteiger partial charge in [0.15, 0.2) is 0 Å². The minimum atomic E-state index is -0.785. The lowest BCUT2D eigenvalue weighted by molar-refractivity contribution is -0.138. The number of rotatable bonds is 5. The number of anilines is 1. The third-order valence-corrected chi connectivity index (χ3v) is 2.64. The molecule has 4 heteroatoms. The summed E-state index contributed by atoms with van der Waals surface area (Å²) in [7, 11) is 0. The Hall–Kier alpha value is -1.03. The number of carboxylic acids is 1. The third kappa shape index (κ3) is 3.38. The van der Waals surface area contributed by atoms with Gasteiger partial charge in [-0.15, -0.1) is 11.3 Å². The molecular formula is C10H15NO2S. The molecule has 1 aromatic heterocycles. The fraction of sp³-hybridized carbons (Fsp3) is 0.500. The number of hydrogen-bond donors (Lipinski definition) is 2. The summed E-state index contributed by atoms with van der Waals surface area (Å²) < 4.78 is 0. The summed E-state index contributed by atoms with van der Waals surface area (Å²) in [4.78, 5) is 10.9. The number of hydrogen-bond acceptors (Lipinski definition) is 3. The highest BCUT2D eigenvalue weighted by Gasteiger charge is 2.18. The maximum absolute atomic E-state index is 10.9. The van der Waals surface area contributed by atoms with Crippen LogP contribution in [0.2, 0.25) is 0 Å². The van der Waals surface area contributed by atoms with E-state index in [9.17, 15) is 4.79 Å². The molecule has 0 aromatic carbocycles. The Morgan fingerprint density at radius 3 is 2.79 bits per heavy atom. The summed E-state index contributed by atoms with van der Waals surface area (Å²) in [5.74, 6) is -0.407. The SMILES string of the molecule is CC(C)CC(Nc1cccs1)C(=O)O. The Bertz CT molecular complexity index is 282. The van der Waals surface area contributed by atoms with Gasteiger partial charge in [-0.3, -0.25) is 0 Å². The molecule has 3 nitrogen and oxygen atoms in total. The summed E-state index contributed by atoms with van der Waals surface area (Å²) in [5, 5.41) is 14.8. The van der Waals surface area contributed by atoms with Crippen LogP contribution < -0.4 is 5.32 Å². The lowest BCUT2D eigenvalue weighted by atomic mass is 10.0. The molecule has 1 atom stereocenters. The molecule has 1 aromatic rings. The van der Waals surface area contributed by atoms with Gasteiger partial charge >= 0.3 is 5.97 Å². The van der Waals surface area contributed by atoms with Crippen LogP contribution in [0.4, 0.5) is 5.00 Å². The fourth-order valence-electron chi connectivity index (χ4n) is 1.23. The summed E-state index contributed by atoms with van der Waals surface area (Å²) in [6, 6.07) is 3.32. The van der Waals surface area contributed by atoms with Crippen molar-refractivity contribution in [3.8, 4) is 0 Å². The number of carboxylic acid groups (broad SMARTS) is 1. The zero-order valence-electron chi connectivity index (χ0n) is 8.36. The summed E-state index contributed by atoms with van der Waals surface area (Å²) in [6.45, 7) is 4.04. The van der Waals surface area contributed by atoms with Gasteiger partial charge < -0.3 is 10.4 Å². The molecule has 0 bridgehead atoms. The van der Waals surface area contributed by atoms with Crippen molar-refractivity contribution in [2.75, 3.05) is 5.32 Å². The van der Waals surface area contributed by atoms with Crippen molar-refractivity contribution in [1.29, 1.82) is 0 Å². The average Bonchev–Trinajstić information content (AvgIpc) is 2.54. The van der Waals surface area contributed by atoms with E-state index in [1.165, 1.54) is 11.3 Å². The zero-order valence-corrected chi connectivity index (χ0v) is 9.17. The second kappa shape index (κ2) is 5.00. The predicted molar refractivity (Wildman–Crippen MR) is 58.8 cm³/mol. The third-order valence-electron chi connectivity index (χ3n) is 1.84. The van der Waals surface area contributed by atoms with Gasteiger partial charge in [0.05, 0.1) is 5.00 Å². The van der Waals surface area contributed by atoms with E-state index < -0.39 is 12.0 Å². The van der Waals surface area contributed by atoms with E-state index in [0.717, 1.165) is 5.00 Å². The minimum absolute atomic E-state index is 0.378. The maximum atomic E-state index is 10.9. The van der Waals surface area contributed by atoms with Gasteiger partial charge in [-0.1, -0.05) is 13.8 Å². The van der Waals surface area contributed by atoms with Gasteiger partial charge in [-0.05, 0) is 29.9 Å². The van der Waals surface area contributed by atoms with Crippen molar-refractivity contribution >= 4 is 22.3 Å². The topological polar surface area (TPSA) is 49.3 Å². The first-order chi connectivity index (χ1) is 6.59. The van der Waals surface area contributed by atoms with Crippen molar-refractivity contribution in [2.24, 2.45) is 5.92 Å². The molecule has 0 aliphatic heterocycles. The van der Waals surface area contributed by atoms with Crippen molar-refractivity contribution in [3.05, 3.63) is 17.5 Å². The van der Waals surface area contributed by atoms with Crippen molar-refractivity contribution in [1.82, 2.24) is 0 Å². The largest absolute Gasteiger partial charge is 0.480 e. The van der Waals surface area contributed by atoms with E-state index in [-0.39, 0.29) is 0 Å². The molecule has 78 valence electrons. The van der Waals surface area contributed by atoms with Gasteiger partial charge in [0.2, 0.25) is 0 Å². The van der Waals surface area contributed by atoms with Gasteiger partial charge in [0, 0.05) is 0 Å². The second-order valence-electron chi connectivity index (χ2n) is 3.64. The first-order valence-electron chi connectivity index (χ1n) is 4.62. The number of carbonyl (C=O) groups is 1. The normalized spacial score (nSPS) is 12.8. The van der Waals surface area contributed by atoms with Crippen molar-refractivity contribution < 1.29 is 9.90 Å². The van der Waals surface area contributed by atoms with Gasteiger partial charge in [-0.25, -0.2) is 4.79 Å². The molecule has 0 fully saturated rings. The Balaban J connectivity index is 2.56. The van der Waals surface area contributed by atoms with Crippen molar-refractivity contribution in [3.63, 3.8) is 0 Å².